The minimum atomic E-state index is 0.0900. The van der Waals surface area contributed by atoms with Gasteiger partial charge < -0.3 is 13.9 Å². The first-order valence-corrected chi connectivity index (χ1v) is 5.92. The Kier molecular flexibility index (Phi) is 2.51. The van der Waals surface area contributed by atoms with Crippen LogP contribution in [0.5, 0.6) is 11.5 Å². The number of carbonyl (C=O) groups excluding carboxylic acids is 1. The predicted molar refractivity (Wildman–Crippen MR) is 66.4 cm³/mol. The fraction of sp³-hybridized carbons (Fsp3) is 0.357. The van der Waals surface area contributed by atoms with Gasteiger partial charge in [0.15, 0.2) is 5.76 Å². The van der Waals surface area contributed by atoms with Gasteiger partial charge in [0.1, 0.15) is 17.1 Å². The quantitative estimate of drug-likeness (QED) is 0.778. The van der Waals surface area contributed by atoms with Gasteiger partial charge in [0, 0.05) is 18.1 Å². The Morgan fingerprint density at radius 3 is 2.61 bits per heavy atom. The topological polar surface area (TPSA) is 48.7 Å². The largest absolute Gasteiger partial charge is 0.496 e. The highest BCUT2D eigenvalue weighted by atomic mass is 16.5. The number of methoxy groups -OCH3 is 2. The van der Waals surface area contributed by atoms with Crippen molar-refractivity contribution in [2.75, 3.05) is 14.2 Å². The van der Waals surface area contributed by atoms with Crippen LogP contribution in [0.25, 0.3) is 11.0 Å². The zero-order valence-electron chi connectivity index (χ0n) is 10.4. The van der Waals surface area contributed by atoms with Crippen LogP contribution in [0.15, 0.2) is 22.6 Å². The van der Waals surface area contributed by atoms with Gasteiger partial charge in [0.25, 0.3) is 0 Å². The maximum absolute atomic E-state index is 12.0. The number of benzene rings is 1. The van der Waals surface area contributed by atoms with Gasteiger partial charge in [0.05, 0.1) is 19.6 Å². The molecule has 94 valence electrons. The summed E-state index contributed by atoms with van der Waals surface area (Å²) in [7, 11) is 3.17. The number of hydrogen-bond acceptors (Lipinski definition) is 4. The van der Waals surface area contributed by atoms with E-state index in [4.69, 9.17) is 13.9 Å². The number of Topliss-reactive ketones (excluding diaryl/α,β-unsaturated/α-hetero) is 1. The monoisotopic (exact) mass is 246 g/mol. The fourth-order valence-electron chi connectivity index (χ4n) is 2.04. The molecule has 1 aromatic heterocycles. The van der Waals surface area contributed by atoms with Crippen molar-refractivity contribution in [2.45, 2.75) is 12.8 Å². The lowest BCUT2D eigenvalue weighted by Crippen LogP contribution is -1.98. The zero-order chi connectivity index (χ0) is 12.7. The van der Waals surface area contributed by atoms with Crippen molar-refractivity contribution in [1.29, 1.82) is 0 Å². The molecular weight excluding hydrogens is 232 g/mol. The van der Waals surface area contributed by atoms with E-state index in [2.05, 4.69) is 0 Å². The van der Waals surface area contributed by atoms with Crippen LogP contribution < -0.4 is 9.47 Å². The van der Waals surface area contributed by atoms with Crippen LogP contribution in [0.4, 0.5) is 0 Å². The molecule has 1 fully saturated rings. The van der Waals surface area contributed by atoms with Crippen molar-refractivity contribution in [3.05, 3.63) is 24.0 Å². The summed E-state index contributed by atoms with van der Waals surface area (Å²) in [6.45, 7) is 0. The first-order chi connectivity index (χ1) is 8.72. The van der Waals surface area contributed by atoms with E-state index < -0.39 is 0 Å². The van der Waals surface area contributed by atoms with Crippen molar-refractivity contribution >= 4 is 16.8 Å². The van der Waals surface area contributed by atoms with Gasteiger partial charge in [-0.05, 0) is 18.9 Å². The van der Waals surface area contributed by atoms with Crippen molar-refractivity contribution in [1.82, 2.24) is 0 Å². The van der Waals surface area contributed by atoms with Crippen molar-refractivity contribution in [3.8, 4) is 11.5 Å². The standard InChI is InChI=1S/C14H14O4/c1-16-9-5-11(17-2)10-7-13(18-12(10)6-9)14(15)8-3-4-8/h5-8H,3-4H2,1-2H3. The van der Waals surface area contributed by atoms with Crippen LogP contribution in [0.1, 0.15) is 23.4 Å². The molecule has 1 saturated carbocycles. The molecule has 1 heterocycles. The molecule has 4 nitrogen and oxygen atoms in total. The smallest absolute Gasteiger partial charge is 0.201 e. The molecule has 0 N–H and O–H groups in total. The molecule has 0 spiro atoms. The third-order valence-electron chi connectivity index (χ3n) is 3.22. The van der Waals surface area contributed by atoms with Crippen LogP contribution in [0, 0.1) is 5.92 Å². The highest BCUT2D eigenvalue weighted by Gasteiger charge is 2.32. The molecule has 0 bridgehead atoms. The van der Waals surface area contributed by atoms with E-state index in [1.807, 2.05) is 0 Å². The maximum atomic E-state index is 12.0. The summed E-state index contributed by atoms with van der Waals surface area (Å²) in [6, 6.07) is 5.30. The van der Waals surface area contributed by atoms with Crippen LogP contribution in [0.3, 0.4) is 0 Å². The normalized spacial score (nSPS) is 14.8. The lowest BCUT2D eigenvalue weighted by atomic mass is 10.2. The molecule has 1 aromatic carbocycles. The number of furan rings is 1. The number of hydrogen-bond donors (Lipinski definition) is 0. The Morgan fingerprint density at radius 1 is 1.22 bits per heavy atom. The summed E-state index contributed by atoms with van der Waals surface area (Å²) >= 11 is 0. The number of ketones is 1. The van der Waals surface area contributed by atoms with Gasteiger partial charge >= 0.3 is 0 Å². The molecule has 2 aromatic rings. The Labute approximate surface area is 104 Å². The van der Waals surface area contributed by atoms with Crippen LogP contribution >= 0.6 is 0 Å². The Bertz CT molecular complexity index is 608. The molecule has 3 rings (SSSR count). The van der Waals surface area contributed by atoms with E-state index in [1.165, 1.54) is 0 Å². The van der Waals surface area contributed by atoms with E-state index >= 15 is 0 Å². The number of ether oxygens (including phenoxy) is 2. The summed E-state index contributed by atoms with van der Waals surface area (Å²) in [5, 5.41) is 0.808. The highest BCUT2D eigenvalue weighted by Crippen LogP contribution is 2.37. The molecule has 1 aliphatic rings. The molecule has 0 aliphatic heterocycles. The summed E-state index contributed by atoms with van der Waals surface area (Å²) in [5.74, 6) is 1.96. The Hall–Kier alpha value is -1.97. The zero-order valence-corrected chi connectivity index (χ0v) is 10.4. The average molecular weight is 246 g/mol. The van der Waals surface area contributed by atoms with Crippen LogP contribution in [0.2, 0.25) is 0 Å². The minimum Gasteiger partial charge on any atom is -0.496 e. The highest BCUT2D eigenvalue weighted by molar-refractivity contribution is 6.01. The fourth-order valence-corrected chi connectivity index (χ4v) is 2.04. The Balaban J connectivity index is 2.12. The molecule has 18 heavy (non-hydrogen) atoms. The molecule has 0 saturated heterocycles. The van der Waals surface area contributed by atoms with Gasteiger partial charge in [-0.25, -0.2) is 0 Å². The first kappa shape index (κ1) is 11.1. The van der Waals surface area contributed by atoms with E-state index in [-0.39, 0.29) is 11.7 Å². The maximum Gasteiger partial charge on any atom is 0.201 e. The van der Waals surface area contributed by atoms with E-state index in [9.17, 15) is 4.79 Å². The molecule has 0 unspecified atom stereocenters. The van der Waals surface area contributed by atoms with Crippen molar-refractivity contribution in [2.24, 2.45) is 5.92 Å². The lowest BCUT2D eigenvalue weighted by molar-refractivity contribution is 0.0942. The van der Waals surface area contributed by atoms with Gasteiger partial charge in [0.2, 0.25) is 5.78 Å². The predicted octanol–water partition coefficient (Wildman–Crippen LogP) is 3.04. The SMILES string of the molecule is COc1cc(OC)c2cc(C(=O)C3CC3)oc2c1. The van der Waals surface area contributed by atoms with Gasteiger partial charge in [-0.1, -0.05) is 0 Å². The first-order valence-electron chi connectivity index (χ1n) is 5.92. The third-order valence-corrected chi connectivity index (χ3v) is 3.22. The van der Waals surface area contributed by atoms with Gasteiger partial charge in [-0.2, -0.15) is 0 Å². The van der Waals surface area contributed by atoms with E-state index in [0.717, 1.165) is 18.2 Å². The average Bonchev–Trinajstić information content (AvgIpc) is 3.15. The molecule has 0 radical (unpaired) electrons. The number of fused-ring (bicyclic) bond motifs is 1. The number of rotatable bonds is 4. The summed E-state index contributed by atoms with van der Waals surface area (Å²) in [5.41, 5.74) is 0.621. The van der Waals surface area contributed by atoms with Crippen molar-refractivity contribution < 1.29 is 18.7 Å². The molecule has 0 atom stereocenters. The van der Waals surface area contributed by atoms with E-state index in [0.29, 0.717) is 22.8 Å². The second-order valence-electron chi connectivity index (χ2n) is 4.49. The second kappa shape index (κ2) is 4.05. The minimum absolute atomic E-state index is 0.0900. The van der Waals surface area contributed by atoms with Gasteiger partial charge in [-0.15, -0.1) is 0 Å². The summed E-state index contributed by atoms with van der Waals surface area (Å²) in [4.78, 5) is 12.0. The summed E-state index contributed by atoms with van der Waals surface area (Å²) in [6.07, 6.45) is 1.94. The molecule has 0 amide bonds. The van der Waals surface area contributed by atoms with Crippen LogP contribution in [-0.2, 0) is 0 Å². The third kappa shape index (κ3) is 1.74. The van der Waals surface area contributed by atoms with Crippen LogP contribution in [-0.4, -0.2) is 20.0 Å². The molecule has 4 heteroatoms. The summed E-state index contributed by atoms with van der Waals surface area (Å²) < 4.78 is 16.1. The molecule has 1 aliphatic carbocycles. The molecular formula is C14H14O4. The Morgan fingerprint density at radius 2 is 2.00 bits per heavy atom. The van der Waals surface area contributed by atoms with E-state index in [1.54, 1.807) is 32.4 Å². The second-order valence-corrected chi connectivity index (χ2v) is 4.49. The lowest BCUT2D eigenvalue weighted by Gasteiger charge is -2.04. The van der Waals surface area contributed by atoms with Gasteiger partial charge in [-0.3, -0.25) is 4.79 Å². The van der Waals surface area contributed by atoms with Crippen molar-refractivity contribution in [3.63, 3.8) is 0 Å². The number of carbonyl (C=O) groups is 1.